The molecule has 12 heteroatoms. The molecule has 0 spiro atoms. The van der Waals surface area contributed by atoms with Crippen molar-refractivity contribution in [1.82, 2.24) is 38.6 Å². The van der Waals surface area contributed by atoms with Crippen molar-refractivity contribution in [1.29, 1.82) is 0 Å². The number of halogens is 3. The Morgan fingerprint density at radius 3 is 1.18 bits per heavy atom. The van der Waals surface area contributed by atoms with E-state index in [1.807, 2.05) is 114 Å². The van der Waals surface area contributed by atoms with Gasteiger partial charge in [0.05, 0.1) is 0 Å². The molecule has 0 aliphatic carbocycles. The Balaban J connectivity index is 0.000000284. The van der Waals surface area contributed by atoms with E-state index in [9.17, 15) is 0 Å². The molecular formula is C28H28Cl3N8Os-2. The molecule has 0 bridgehead atoms. The van der Waals surface area contributed by atoms with Crippen LogP contribution in [0.2, 0.25) is 0 Å². The topological polar surface area (TPSA) is 79.2 Å². The molecule has 1 aromatic carbocycles. The zero-order valence-electron chi connectivity index (χ0n) is 22.0. The number of hydrogen-bond donors (Lipinski definition) is 0. The van der Waals surface area contributed by atoms with Crippen molar-refractivity contribution in [2.24, 2.45) is 21.1 Å². The fourth-order valence-electron chi connectivity index (χ4n) is 3.45. The third-order valence-corrected chi connectivity index (χ3v) is 5.28. The van der Waals surface area contributed by atoms with Crippen molar-refractivity contribution in [2.45, 2.75) is 0 Å². The van der Waals surface area contributed by atoms with Crippen LogP contribution in [0.25, 0.3) is 34.4 Å². The van der Waals surface area contributed by atoms with Crippen LogP contribution in [0.3, 0.4) is 0 Å². The van der Waals surface area contributed by atoms with Crippen LogP contribution in [-0.2, 0) is 38.7 Å². The fourth-order valence-corrected chi connectivity index (χ4v) is 3.45. The molecule has 6 rings (SSSR count). The molecule has 5 aromatic heterocycles. The van der Waals surface area contributed by atoms with Crippen LogP contribution in [-0.4, -0.2) is 38.6 Å². The standard InChI is InChI=1S/C10H10N2.2C9H9N3.3ClH.Os/c1-12-8-7-11-10(12)9-5-3-2-4-6-9;2*1-12-7-6-11-9(12)8-4-2-3-5-10-8;;;;/h2-8H,1H3;2*2-7H,1H3;3*1H;/q;;;;;;+1/p-3. The minimum absolute atomic E-state index is 0. The fraction of sp³-hybridized carbons (Fsp3) is 0.107. The molecule has 5 heterocycles. The molecule has 0 saturated carbocycles. The maximum atomic E-state index is 4.67. The number of rotatable bonds is 3. The van der Waals surface area contributed by atoms with Crippen molar-refractivity contribution in [3.63, 3.8) is 0 Å². The monoisotopic (exact) mass is 773 g/mol. The Morgan fingerprint density at radius 1 is 0.475 bits per heavy atom. The van der Waals surface area contributed by atoms with Crippen LogP contribution in [0.5, 0.6) is 0 Å². The Kier molecular flexibility index (Phi) is 16.4. The van der Waals surface area contributed by atoms with Crippen LogP contribution >= 0.6 is 9.64 Å². The van der Waals surface area contributed by atoms with Crippen molar-refractivity contribution in [2.75, 3.05) is 0 Å². The van der Waals surface area contributed by atoms with E-state index in [0.717, 1.165) is 34.4 Å². The van der Waals surface area contributed by atoms with E-state index < -0.39 is 0 Å². The molecule has 0 unspecified atom stereocenters. The van der Waals surface area contributed by atoms with Crippen molar-refractivity contribution in [3.8, 4) is 34.4 Å². The van der Waals surface area contributed by atoms with E-state index in [-0.39, 0.29) is 24.8 Å². The van der Waals surface area contributed by atoms with Crippen LogP contribution in [0.15, 0.2) is 116 Å². The Labute approximate surface area is 261 Å². The molecule has 0 saturated heterocycles. The number of nitrogens with zero attached hydrogens (tertiary/aromatic N) is 8. The molecule has 8 nitrogen and oxygen atoms in total. The third kappa shape index (κ3) is 10.00. The molecule has 6 aromatic rings. The summed E-state index contributed by atoms with van der Waals surface area (Å²) in [6.07, 6.45) is 14.6. The molecule has 0 fully saturated rings. The quantitative estimate of drug-likeness (QED) is 0.248. The summed E-state index contributed by atoms with van der Waals surface area (Å²) < 4.78 is 5.90. The maximum absolute atomic E-state index is 4.67. The van der Waals surface area contributed by atoms with Gasteiger partial charge in [0.2, 0.25) is 0 Å². The number of pyridine rings is 2. The first-order valence-corrected chi connectivity index (χ1v) is 14.7. The van der Waals surface area contributed by atoms with E-state index in [1.54, 1.807) is 24.8 Å². The molecule has 0 aliphatic heterocycles. The van der Waals surface area contributed by atoms with Gasteiger partial charge in [-0.3, -0.25) is 9.97 Å². The van der Waals surface area contributed by atoms with Gasteiger partial charge in [-0.2, -0.15) is 0 Å². The van der Waals surface area contributed by atoms with Gasteiger partial charge in [0.25, 0.3) is 0 Å². The average molecular weight is 773 g/mol. The van der Waals surface area contributed by atoms with Gasteiger partial charge in [0, 0.05) is 76.3 Å². The predicted octanol–water partition coefficient (Wildman–Crippen LogP) is -0.254. The molecule has 0 amide bonds. The van der Waals surface area contributed by atoms with E-state index in [4.69, 9.17) is 0 Å². The molecule has 211 valence electrons. The van der Waals surface area contributed by atoms with Crippen LogP contribution in [0.4, 0.5) is 0 Å². The second kappa shape index (κ2) is 18.9. The van der Waals surface area contributed by atoms with Gasteiger partial charge in [-0.15, -0.1) is 0 Å². The first kappa shape index (κ1) is 34.7. The zero-order valence-corrected chi connectivity index (χ0v) is 26.8. The summed E-state index contributed by atoms with van der Waals surface area (Å²) in [6, 6.07) is 21.8. The minimum atomic E-state index is 0. The zero-order chi connectivity index (χ0) is 27.2. The van der Waals surface area contributed by atoms with Crippen LogP contribution in [0.1, 0.15) is 0 Å². The number of benzene rings is 1. The van der Waals surface area contributed by atoms with Gasteiger partial charge in [0.1, 0.15) is 17.2 Å². The number of aromatic nitrogens is 8. The number of imidazole rings is 3. The molecule has 0 radical (unpaired) electrons. The predicted molar refractivity (Wildman–Crippen MR) is 147 cm³/mol. The Bertz CT molecular complexity index is 1290. The van der Waals surface area contributed by atoms with Gasteiger partial charge in [-0.05, 0) is 24.3 Å². The van der Waals surface area contributed by atoms with Gasteiger partial charge >= 0.3 is 27.2 Å². The van der Waals surface area contributed by atoms with Gasteiger partial charge in [-0.25, -0.2) is 15.0 Å². The summed E-state index contributed by atoms with van der Waals surface area (Å²) in [6.45, 7) is 0. The van der Waals surface area contributed by atoms with E-state index in [0.29, 0.717) is 0 Å². The first-order chi connectivity index (χ1) is 18.6. The van der Waals surface area contributed by atoms with E-state index in [2.05, 4.69) is 46.7 Å². The summed E-state index contributed by atoms with van der Waals surface area (Å²) in [7, 11) is 10.6. The van der Waals surface area contributed by atoms with Crippen molar-refractivity contribution >= 4 is 9.64 Å². The molecule has 0 aliphatic rings. The second-order valence-electron chi connectivity index (χ2n) is 7.88. The number of aryl methyl sites for hydroxylation is 3. The average Bonchev–Trinajstić information content (AvgIpc) is 3.73. The molecular weight excluding hydrogens is 745 g/mol. The van der Waals surface area contributed by atoms with Gasteiger partial charge < -0.3 is 38.5 Å². The normalized spacial score (nSPS) is 9.22. The summed E-state index contributed by atoms with van der Waals surface area (Å²) in [4.78, 5) is 21.0. The van der Waals surface area contributed by atoms with Gasteiger partial charge in [-0.1, -0.05) is 42.5 Å². The van der Waals surface area contributed by atoms with E-state index in [1.165, 1.54) is 17.6 Å². The third-order valence-electron chi connectivity index (χ3n) is 5.28. The van der Waals surface area contributed by atoms with Crippen LogP contribution in [0, 0.1) is 0 Å². The molecule has 0 N–H and O–H groups in total. The second-order valence-corrected chi connectivity index (χ2v) is 7.88. The van der Waals surface area contributed by atoms with Crippen LogP contribution < -0.4 is 24.8 Å². The SMILES string of the molecule is Cn1ccnc1-c1ccccc1.Cn1ccnc1-c1ccccn1.Cn1ccnc1-c1ccccn1.[Cl-].[Cl-].[Cl][Os]. The summed E-state index contributed by atoms with van der Waals surface area (Å²) >= 11 is 1.33. The molecule has 40 heavy (non-hydrogen) atoms. The Hall–Kier alpha value is -3.34. The summed E-state index contributed by atoms with van der Waals surface area (Å²) in [5.74, 6) is 2.81. The summed E-state index contributed by atoms with van der Waals surface area (Å²) in [5, 5.41) is 0. The summed E-state index contributed by atoms with van der Waals surface area (Å²) in [5.41, 5.74) is 2.97. The molecule has 0 atom stereocenters. The van der Waals surface area contributed by atoms with E-state index >= 15 is 0 Å². The Morgan fingerprint density at radius 2 is 0.850 bits per heavy atom. The van der Waals surface area contributed by atoms with Crippen molar-refractivity contribution < 1.29 is 42.4 Å². The van der Waals surface area contributed by atoms with Gasteiger partial charge in [0.15, 0.2) is 11.6 Å². The number of hydrogen-bond acceptors (Lipinski definition) is 5. The first-order valence-electron chi connectivity index (χ1n) is 11.6. The van der Waals surface area contributed by atoms with Crippen molar-refractivity contribution in [3.05, 3.63) is 116 Å².